The molecule has 2 atom stereocenters. The van der Waals surface area contributed by atoms with Crippen LogP contribution in [0.2, 0.25) is 0 Å². The van der Waals surface area contributed by atoms with Crippen molar-refractivity contribution < 1.29 is 14.3 Å². The molecule has 0 bridgehead atoms. The topological polar surface area (TPSA) is 91.2 Å². The molecule has 0 unspecified atom stereocenters. The van der Waals surface area contributed by atoms with Gasteiger partial charge in [-0.1, -0.05) is 60.7 Å². The first-order valence-corrected chi connectivity index (χ1v) is 10.9. The van der Waals surface area contributed by atoms with E-state index < -0.39 is 17.4 Å². The number of nitriles is 1. The molecule has 0 radical (unpaired) electrons. The highest BCUT2D eigenvalue weighted by Gasteiger charge is 2.38. The predicted molar refractivity (Wildman–Crippen MR) is 131 cm³/mol. The number of nitrogens with one attached hydrogen (secondary N) is 2. The van der Waals surface area contributed by atoms with E-state index in [0.717, 1.165) is 11.1 Å². The van der Waals surface area contributed by atoms with Gasteiger partial charge in [0, 0.05) is 18.1 Å². The lowest BCUT2D eigenvalue weighted by atomic mass is 9.88. The van der Waals surface area contributed by atoms with E-state index in [0.29, 0.717) is 11.3 Å². The summed E-state index contributed by atoms with van der Waals surface area (Å²) in [5.74, 6) is -0.240. The zero-order chi connectivity index (χ0) is 24.4. The molecule has 0 heterocycles. The first-order valence-electron chi connectivity index (χ1n) is 10.9. The average molecular weight is 454 g/mol. The summed E-state index contributed by atoms with van der Waals surface area (Å²) in [6, 6.07) is 27.2. The van der Waals surface area contributed by atoms with Gasteiger partial charge in [-0.15, -0.1) is 0 Å². The van der Waals surface area contributed by atoms with Gasteiger partial charge in [0.15, 0.2) is 0 Å². The predicted octanol–water partition coefficient (Wildman–Crippen LogP) is 4.36. The summed E-state index contributed by atoms with van der Waals surface area (Å²) in [4.78, 5) is 26.9. The molecule has 2 amide bonds. The third-order valence-corrected chi connectivity index (χ3v) is 5.51. The number of rotatable bonds is 9. The number of carbonyl (C=O) groups excluding carboxylic acids is 2. The van der Waals surface area contributed by atoms with Crippen LogP contribution in [0.25, 0.3) is 0 Å². The maximum atomic E-state index is 13.7. The molecule has 3 aromatic rings. The van der Waals surface area contributed by atoms with Gasteiger partial charge < -0.3 is 15.4 Å². The molecule has 34 heavy (non-hydrogen) atoms. The van der Waals surface area contributed by atoms with Crippen LogP contribution in [0.3, 0.4) is 0 Å². The Morgan fingerprint density at radius 1 is 1.00 bits per heavy atom. The zero-order valence-corrected chi connectivity index (χ0v) is 19.2. The van der Waals surface area contributed by atoms with Crippen molar-refractivity contribution in [3.8, 4) is 11.8 Å². The minimum atomic E-state index is -1.49. The van der Waals surface area contributed by atoms with Crippen molar-refractivity contribution in [1.29, 1.82) is 5.26 Å². The Bertz CT molecular complexity index is 1170. The van der Waals surface area contributed by atoms with Crippen molar-refractivity contribution in [2.45, 2.75) is 24.9 Å². The number of allylic oxidation sites excluding steroid dienone is 1. The van der Waals surface area contributed by atoms with Gasteiger partial charge in [0.2, 0.25) is 0 Å². The number of nitrogens with zero attached hydrogens (tertiary/aromatic N) is 1. The van der Waals surface area contributed by atoms with Crippen LogP contribution < -0.4 is 15.4 Å². The van der Waals surface area contributed by atoms with Gasteiger partial charge in [-0.2, -0.15) is 5.26 Å². The van der Waals surface area contributed by atoms with Crippen molar-refractivity contribution in [3.63, 3.8) is 0 Å². The summed E-state index contributed by atoms with van der Waals surface area (Å²) in [5, 5.41) is 15.2. The minimum Gasteiger partial charge on any atom is -0.497 e. The molecular formula is C28H27N3O3. The van der Waals surface area contributed by atoms with Crippen LogP contribution in [0, 0.1) is 11.3 Å². The molecule has 2 N–H and O–H groups in total. The quantitative estimate of drug-likeness (QED) is 0.471. The molecule has 6 nitrogen and oxygen atoms in total. The maximum absolute atomic E-state index is 13.7. The zero-order valence-electron chi connectivity index (χ0n) is 19.2. The third-order valence-electron chi connectivity index (χ3n) is 5.51. The van der Waals surface area contributed by atoms with Crippen LogP contribution in [0.5, 0.6) is 5.75 Å². The summed E-state index contributed by atoms with van der Waals surface area (Å²) in [6.45, 7) is 1.87. The van der Waals surface area contributed by atoms with Gasteiger partial charge in [-0.3, -0.25) is 9.59 Å². The second-order valence-electron chi connectivity index (χ2n) is 7.88. The Kier molecular flexibility index (Phi) is 8.20. The lowest BCUT2D eigenvalue weighted by molar-refractivity contribution is -0.126. The van der Waals surface area contributed by atoms with E-state index in [9.17, 15) is 14.9 Å². The molecule has 0 aliphatic heterocycles. The molecular weight excluding hydrogens is 426 g/mol. The first-order chi connectivity index (χ1) is 16.5. The molecule has 6 heteroatoms. The van der Waals surface area contributed by atoms with E-state index in [1.807, 2.05) is 73.7 Å². The Morgan fingerprint density at radius 2 is 1.62 bits per heavy atom. The summed E-state index contributed by atoms with van der Waals surface area (Å²) in [6.07, 6.45) is 2.85. The fourth-order valence-corrected chi connectivity index (χ4v) is 3.62. The highest BCUT2D eigenvalue weighted by Crippen LogP contribution is 2.21. The highest BCUT2D eigenvalue weighted by molar-refractivity contribution is 6.00. The smallest absolute Gasteiger partial charge is 0.252 e. The first kappa shape index (κ1) is 24.3. The number of carbonyl (C=O) groups is 2. The Labute approximate surface area is 199 Å². The van der Waals surface area contributed by atoms with Crippen LogP contribution in [0.1, 0.15) is 34.5 Å². The van der Waals surface area contributed by atoms with E-state index in [2.05, 4.69) is 10.6 Å². The second kappa shape index (κ2) is 11.5. The molecule has 3 aromatic carbocycles. The Hall–Kier alpha value is -4.37. The molecule has 0 aliphatic carbocycles. The van der Waals surface area contributed by atoms with Crippen molar-refractivity contribution in [3.05, 3.63) is 114 Å². The number of benzene rings is 3. The minimum absolute atomic E-state index is 0.168. The van der Waals surface area contributed by atoms with Gasteiger partial charge in [0.05, 0.1) is 19.2 Å². The Balaban J connectivity index is 1.98. The molecule has 0 saturated carbocycles. The van der Waals surface area contributed by atoms with Crippen LogP contribution in [-0.4, -0.2) is 24.5 Å². The van der Waals surface area contributed by atoms with Crippen molar-refractivity contribution in [1.82, 2.24) is 10.6 Å². The van der Waals surface area contributed by atoms with Crippen LogP contribution >= 0.6 is 0 Å². The molecule has 172 valence electrons. The van der Waals surface area contributed by atoms with Crippen molar-refractivity contribution >= 4 is 11.8 Å². The maximum Gasteiger partial charge on any atom is 0.252 e. The van der Waals surface area contributed by atoms with E-state index in [4.69, 9.17) is 4.74 Å². The molecule has 0 spiro atoms. The molecule has 0 aromatic heterocycles. The lowest BCUT2D eigenvalue weighted by Crippen LogP contribution is -2.59. The largest absolute Gasteiger partial charge is 0.497 e. The second-order valence-corrected chi connectivity index (χ2v) is 7.88. The van der Waals surface area contributed by atoms with Gasteiger partial charge in [-0.05, 0) is 48.4 Å². The molecule has 0 fully saturated rings. The fourth-order valence-electron chi connectivity index (χ4n) is 3.62. The normalized spacial score (nSPS) is 13.3. The van der Waals surface area contributed by atoms with Crippen molar-refractivity contribution in [2.24, 2.45) is 0 Å². The number of ether oxygens (including phenoxy) is 1. The average Bonchev–Trinajstić information content (AvgIpc) is 2.88. The van der Waals surface area contributed by atoms with Gasteiger partial charge in [0.25, 0.3) is 11.8 Å². The van der Waals surface area contributed by atoms with E-state index in [1.165, 1.54) is 12.2 Å². The molecule has 0 aliphatic rings. The summed E-state index contributed by atoms with van der Waals surface area (Å²) < 4.78 is 5.16. The fraction of sp³-hybridized carbons (Fsp3) is 0.179. The van der Waals surface area contributed by atoms with Crippen LogP contribution in [0.4, 0.5) is 0 Å². The van der Waals surface area contributed by atoms with E-state index >= 15 is 0 Å². The highest BCUT2D eigenvalue weighted by atomic mass is 16.5. The molecule has 0 saturated heterocycles. The van der Waals surface area contributed by atoms with Crippen LogP contribution in [0.15, 0.2) is 97.1 Å². The Morgan fingerprint density at radius 3 is 2.21 bits per heavy atom. The third kappa shape index (κ3) is 6.11. The summed E-state index contributed by atoms with van der Waals surface area (Å²) in [5.41, 5.74) is 0.641. The molecule has 3 rings (SSSR count). The van der Waals surface area contributed by atoms with Crippen LogP contribution in [-0.2, 0) is 11.2 Å². The van der Waals surface area contributed by atoms with E-state index in [1.54, 1.807) is 31.4 Å². The number of amides is 2. The standard InChI is InChI=1S/C28H27N3O3/c1-21(23-12-7-4-8-13-23)30-27(33)28(18-9-19-29,20-22-10-5-3-6-11-22)31-26(32)24-14-16-25(34-2)17-15-24/h3-18,21H,20H2,1-2H3,(H,30,33)(H,31,32)/b18-9-/t21-,28+/m0/s1. The number of hydrogen-bond acceptors (Lipinski definition) is 4. The van der Waals surface area contributed by atoms with Gasteiger partial charge >= 0.3 is 0 Å². The summed E-state index contributed by atoms with van der Waals surface area (Å²) in [7, 11) is 1.55. The van der Waals surface area contributed by atoms with Gasteiger partial charge in [-0.25, -0.2) is 0 Å². The van der Waals surface area contributed by atoms with Crippen molar-refractivity contribution in [2.75, 3.05) is 7.11 Å². The van der Waals surface area contributed by atoms with E-state index in [-0.39, 0.29) is 12.5 Å². The number of hydrogen-bond donors (Lipinski definition) is 2. The van der Waals surface area contributed by atoms with Gasteiger partial charge in [0.1, 0.15) is 11.3 Å². The lowest BCUT2D eigenvalue weighted by Gasteiger charge is -2.32. The SMILES string of the molecule is COc1ccc(C(=O)N[C@](/C=C\C#N)(Cc2ccccc2)C(=O)N[C@@H](C)c2ccccc2)cc1. The summed E-state index contributed by atoms with van der Waals surface area (Å²) >= 11 is 0. The number of methoxy groups -OCH3 is 1. The monoisotopic (exact) mass is 453 g/mol.